The fourth-order valence-electron chi connectivity index (χ4n) is 3.79. The van der Waals surface area contributed by atoms with Crippen LogP contribution in [0.25, 0.3) is 10.9 Å². The number of nitrogens with zero attached hydrogens (tertiary/aromatic N) is 1. The van der Waals surface area contributed by atoms with Crippen molar-refractivity contribution in [3.8, 4) is 0 Å². The van der Waals surface area contributed by atoms with Crippen molar-refractivity contribution < 1.29 is 9.59 Å². The second-order valence-electron chi connectivity index (χ2n) is 7.59. The van der Waals surface area contributed by atoms with Crippen molar-refractivity contribution >= 4 is 28.4 Å². The zero-order valence-electron chi connectivity index (χ0n) is 17.6. The summed E-state index contributed by atoms with van der Waals surface area (Å²) in [6, 6.07) is 12.0. The predicted molar refractivity (Wildman–Crippen MR) is 117 cm³/mol. The number of benzene rings is 2. The first kappa shape index (κ1) is 20.5. The van der Waals surface area contributed by atoms with Crippen LogP contribution in [-0.4, -0.2) is 23.3 Å². The molecule has 2 aromatic carbocycles. The van der Waals surface area contributed by atoms with Crippen LogP contribution >= 0.6 is 0 Å². The number of hydrogen-bond acceptors (Lipinski definition) is 3. The van der Waals surface area contributed by atoms with Gasteiger partial charge in [-0.15, -0.1) is 0 Å². The van der Waals surface area contributed by atoms with Gasteiger partial charge in [-0.1, -0.05) is 35.9 Å². The van der Waals surface area contributed by atoms with Crippen LogP contribution in [0.3, 0.4) is 0 Å². The van der Waals surface area contributed by atoms with Crippen LogP contribution in [-0.2, 0) is 16.0 Å². The molecule has 0 unspecified atom stereocenters. The van der Waals surface area contributed by atoms with E-state index in [4.69, 9.17) is 0 Å². The third-order valence-corrected chi connectivity index (χ3v) is 5.21. The molecule has 0 fully saturated rings. The van der Waals surface area contributed by atoms with E-state index in [1.54, 1.807) is 0 Å². The molecule has 5 heteroatoms. The molecule has 0 aliphatic carbocycles. The Morgan fingerprint density at radius 2 is 1.59 bits per heavy atom. The average molecular weight is 389 g/mol. The van der Waals surface area contributed by atoms with Crippen LogP contribution in [0.2, 0.25) is 0 Å². The van der Waals surface area contributed by atoms with Gasteiger partial charge in [-0.25, -0.2) is 0 Å². The summed E-state index contributed by atoms with van der Waals surface area (Å²) < 4.78 is 0. The molecule has 0 saturated carbocycles. The maximum Gasteiger partial charge on any atom is 0.243 e. The minimum Gasteiger partial charge on any atom is -0.347 e. The van der Waals surface area contributed by atoms with E-state index in [-0.39, 0.29) is 24.8 Å². The number of fused-ring (bicyclic) bond motifs is 1. The molecule has 2 N–H and O–H groups in total. The van der Waals surface area contributed by atoms with E-state index in [2.05, 4.69) is 15.6 Å². The van der Waals surface area contributed by atoms with Crippen LogP contribution in [0, 0.1) is 34.6 Å². The monoisotopic (exact) mass is 389 g/mol. The summed E-state index contributed by atoms with van der Waals surface area (Å²) in [5, 5.41) is 6.68. The van der Waals surface area contributed by atoms with Gasteiger partial charge in [-0.2, -0.15) is 0 Å². The number of hydrogen-bond donors (Lipinski definition) is 2. The summed E-state index contributed by atoms with van der Waals surface area (Å²) in [5.74, 6) is -0.431. The minimum absolute atomic E-state index is 0.0648. The van der Waals surface area contributed by atoms with Gasteiger partial charge in [-0.3, -0.25) is 14.6 Å². The van der Waals surface area contributed by atoms with E-state index >= 15 is 0 Å². The molecule has 29 heavy (non-hydrogen) atoms. The van der Waals surface area contributed by atoms with Gasteiger partial charge in [0.05, 0.1) is 18.5 Å². The lowest BCUT2D eigenvalue weighted by Crippen LogP contribution is -2.34. The predicted octanol–water partition coefficient (Wildman–Crippen LogP) is 4.07. The van der Waals surface area contributed by atoms with E-state index in [0.717, 1.165) is 50.1 Å². The summed E-state index contributed by atoms with van der Waals surface area (Å²) in [6.07, 6.45) is 0.200. The minimum atomic E-state index is -0.238. The number of amides is 2. The van der Waals surface area contributed by atoms with Crippen molar-refractivity contribution in [2.24, 2.45) is 0 Å². The lowest BCUT2D eigenvalue weighted by atomic mass is 9.99. The Kier molecular flexibility index (Phi) is 5.97. The summed E-state index contributed by atoms with van der Waals surface area (Å²) in [6.45, 7) is 9.81. The third-order valence-electron chi connectivity index (χ3n) is 5.21. The van der Waals surface area contributed by atoms with Crippen molar-refractivity contribution in [2.45, 2.75) is 41.0 Å². The van der Waals surface area contributed by atoms with Crippen molar-refractivity contribution in [3.05, 3.63) is 69.9 Å². The maximum absolute atomic E-state index is 12.5. The van der Waals surface area contributed by atoms with Crippen LogP contribution in [0.5, 0.6) is 0 Å². The van der Waals surface area contributed by atoms with E-state index in [1.807, 2.05) is 71.0 Å². The van der Waals surface area contributed by atoms with Crippen LogP contribution in [0.4, 0.5) is 5.69 Å². The quantitative estimate of drug-likeness (QED) is 0.691. The number of carbonyl (C=O) groups excluding carboxylic acids is 2. The van der Waals surface area contributed by atoms with Gasteiger partial charge in [0.15, 0.2) is 0 Å². The molecule has 3 rings (SSSR count). The molecule has 1 aromatic heterocycles. The second-order valence-corrected chi connectivity index (χ2v) is 7.59. The first-order chi connectivity index (χ1) is 13.8. The Labute approximate surface area is 171 Å². The van der Waals surface area contributed by atoms with E-state index in [1.165, 1.54) is 0 Å². The Bertz CT molecular complexity index is 1080. The summed E-state index contributed by atoms with van der Waals surface area (Å²) in [7, 11) is 0. The zero-order valence-corrected chi connectivity index (χ0v) is 17.6. The smallest absolute Gasteiger partial charge is 0.243 e. The van der Waals surface area contributed by atoms with Crippen molar-refractivity contribution in [3.63, 3.8) is 0 Å². The molecule has 0 saturated heterocycles. The zero-order chi connectivity index (χ0) is 21.1. The van der Waals surface area contributed by atoms with Gasteiger partial charge in [0, 0.05) is 16.8 Å². The van der Waals surface area contributed by atoms with Gasteiger partial charge >= 0.3 is 0 Å². The summed E-state index contributed by atoms with van der Waals surface area (Å²) >= 11 is 0. The Hall–Kier alpha value is -3.21. The molecular formula is C24H27N3O2. The summed E-state index contributed by atoms with van der Waals surface area (Å²) in [4.78, 5) is 29.4. The first-order valence-corrected chi connectivity index (χ1v) is 9.75. The highest BCUT2D eigenvalue weighted by atomic mass is 16.2. The lowest BCUT2D eigenvalue weighted by Gasteiger charge is -2.14. The normalized spacial score (nSPS) is 10.8. The van der Waals surface area contributed by atoms with Crippen molar-refractivity contribution in [1.29, 1.82) is 0 Å². The fourth-order valence-corrected chi connectivity index (χ4v) is 3.79. The van der Waals surface area contributed by atoms with Gasteiger partial charge in [0.1, 0.15) is 0 Å². The van der Waals surface area contributed by atoms with Gasteiger partial charge < -0.3 is 10.6 Å². The number of anilines is 1. The average Bonchev–Trinajstić information content (AvgIpc) is 2.66. The number of rotatable bonds is 5. The molecular weight excluding hydrogens is 362 g/mol. The highest BCUT2D eigenvalue weighted by Crippen LogP contribution is 2.23. The molecule has 0 spiro atoms. The molecule has 0 aliphatic rings. The molecule has 3 aromatic rings. The fraction of sp³-hybridized carbons (Fsp3) is 0.292. The van der Waals surface area contributed by atoms with Crippen molar-refractivity contribution in [1.82, 2.24) is 10.3 Å². The Balaban J connectivity index is 1.65. The molecule has 5 nitrogen and oxygen atoms in total. The highest BCUT2D eigenvalue weighted by molar-refractivity contribution is 5.96. The molecule has 1 heterocycles. The number of para-hydroxylation sites is 1. The number of aromatic nitrogens is 1. The van der Waals surface area contributed by atoms with Gasteiger partial charge in [-0.05, 0) is 62.9 Å². The van der Waals surface area contributed by atoms with Crippen molar-refractivity contribution in [2.75, 3.05) is 11.9 Å². The summed E-state index contributed by atoms with van der Waals surface area (Å²) in [5.41, 5.74) is 7.71. The van der Waals surface area contributed by atoms with Crippen LogP contribution < -0.4 is 10.6 Å². The number of carbonyl (C=O) groups is 2. The molecule has 0 bridgehead atoms. The van der Waals surface area contributed by atoms with Gasteiger partial charge in [0.2, 0.25) is 11.8 Å². The number of nitrogens with one attached hydrogen (secondary N) is 2. The van der Waals surface area contributed by atoms with E-state index in [0.29, 0.717) is 0 Å². The number of pyridine rings is 1. The van der Waals surface area contributed by atoms with Crippen LogP contribution in [0.15, 0.2) is 36.4 Å². The molecule has 2 amide bonds. The first-order valence-electron chi connectivity index (χ1n) is 9.75. The van der Waals surface area contributed by atoms with Gasteiger partial charge in [0.25, 0.3) is 0 Å². The van der Waals surface area contributed by atoms with E-state index in [9.17, 15) is 9.59 Å². The SMILES string of the molecule is Cc1cc(C)c(NC(=O)CNC(=O)Cc2c(C)nc3ccccc3c2C)c(C)c1. The third kappa shape index (κ3) is 4.62. The van der Waals surface area contributed by atoms with E-state index < -0.39 is 0 Å². The molecule has 150 valence electrons. The molecule has 0 aliphatic heterocycles. The van der Waals surface area contributed by atoms with Crippen LogP contribution in [0.1, 0.15) is 33.5 Å². The Morgan fingerprint density at radius 1 is 0.931 bits per heavy atom. The lowest BCUT2D eigenvalue weighted by molar-refractivity contribution is -0.123. The standard InChI is InChI=1S/C24H27N3O2/c1-14-10-15(2)24(16(3)11-14)27-23(29)13-25-22(28)12-20-17(4)19-8-6-7-9-21(19)26-18(20)5/h6-11H,12-13H2,1-5H3,(H,25,28)(H,27,29). The largest absolute Gasteiger partial charge is 0.347 e. The molecule has 0 radical (unpaired) electrons. The molecule has 0 atom stereocenters. The highest BCUT2D eigenvalue weighted by Gasteiger charge is 2.14. The Morgan fingerprint density at radius 3 is 2.28 bits per heavy atom. The number of aryl methyl sites for hydroxylation is 5. The topological polar surface area (TPSA) is 71.1 Å². The second kappa shape index (κ2) is 8.43. The maximum atomic E-state index is 12.5.